The van der Waals surface area contributed by atoms with E-state index in [-0.39, 0.29) is 11.8 Å². The van der Waals surface area contributed by atoms with Crippen molar-refractivity contribution in [1.82, 2.24) is 4.90 Å². The highest BCUT2D eigenvalue weighted by atomic mass is 16.5. The summed E-state index contributed by atoms with van der Waals surface area (Å²) in [6, 6.07) is 14.5. The van der Waals surface area contributed by atoms with E-state index in [9.17, 15) is 9.59 Å². The van der Waals surface area contributed by atoms with E-state index in [1.165, 1.54) is 0 Å². The number of nitrogens with one attached hydrogen (secondary N) is 1. The molecule has 5 heteroatoms. The zero-order valence-corrected chi connectivity index (χ0v) is 15.0. The van der Waals surface area contributed by atoms with Gasteiger partial charge >= 0.3 is 0 Å². The Morgan fingerprint density at radius 2 is 1.65 bits per heavy atom. The third-order valence-electron chi connectivity index (χ3n) is 4.45. The largest absolute Gasteiger partial charge is 0.494 e. The van der Waals surface area contributed by atoms with Crippen LogP contribution in [0.5, 0.6) is 5.75 Å². The van der Waals surface area contributed by atoms with E-state index < -0.39 is 0 Å². The van der Waals surface area contributed by atoms with E-state index in [2.05, 4.69) is 5.32 Å². The van der Waals surface area contributed by atoms with Crippen molar-refractivity contribution in [2.75, 3.05) is 25.0 Å². The van der Waals surface area contributed by atoms with Crippen LogP contribution in [0.2, 0.25) is 0 Å². The number of hydrogen-bond donors (Lipinski definition) is 1. The minimum atomic E-state index is -0.172. The van der Waals surface area contributed by atoms with Gasteiger partial charge in [0.1, 0.15) is 5.75 Å². The van der Waals surface area contributed by atoms with E-state index in [0.717, 1.165) is 37.2 Å². The molecule has 3 rings (SSSR count). The fourth-order valence-electron chi connectivity index (χ4n) is 3.03. The Morgan fingerprint density at radius 1 is 1.00 bits per heavy atom. The number of benzene rings is 2. The number of rotatable bonds is 6. The van der Waals surface area contributed by atoms with Gasteiger partial charge in [-0.25, -0.2) is 0 Å². The third-order valence-corrected chi connectivity index (χ3v) is 4.45. The van der Waals surface area contributed by atoms with Crippen LogP contribution in [-0.4, -0.2) is 36.4 Å². The molecule has 26 heavy (non-hydrogen) atoms. The standard InChI is InChI=1S/C21H24N2O3/c1-2-26-19-11-7-17(8-12-19)21(25)22-18-9-5-16(6-10-18)15-20(24)23-13-3-4-14-23/h5-12H,2-4,13-15H2,1H3,(H,22,25). The van der Waals surface area contributed by atoms with Crippen molar-refractivity contribution in [3.05, 3.63) is 59.7 Å². The molecule has 5 nitrogen and oxygen atoms in total. The molecule has 0 spiro atoms. The number of hydrogen-bond acceptors (Lipinski definition) is 3. The van der Waals surface area contributed by atoms with Crippen LogP contribution >= 0.6 is 0 Å². The van der Waals surface area contributed by atoms with Gasteiger partial charge in [0.15, 0.2) is 0 Å². The molecule has 0 aliphatic carbocycles. The van der Waals surface area contributed by atoms with Crippen LogP contribution in [0.15, 0.2) is 48.5 Å². The first-order valence-corrected chi connectivity index (χ1v) is 9.06. The first-order valence-electron chi connectivity index (χ1n) is 9.06. The van der Waals surface area contributed by atoms with Gasteiger partial charge in [-0.2, -0.15) is 0 Å². The number of carbonyl (C=O) groups is 2. The van der Waals surface area contributed by atoms with E-state index in [1.807, 2.05) is 36.1 Å². The van der Waals surface area contributed by atoms with Gasteiger partial charge < -0.3 is 15.0 Å². The maximum atomic E-state index is 12.3. The Hall–Kier alpha value is -2.82. The third kappa shape index (κ3) is 4.63. The Labute approximate surface area is 154 Å². The second-order valence-corrected chi connectivity index (χ2v) is 6.37. The SMILES string of the molecule is CCOc1ccc(C(=O)Nc2ccc(CC(=O)N3CCCC3)cc2)cc1. The van der Waals surface area contributed by atoms with Crippen LogP contribution in [0.3, 0.4) is 0 Å². The lowest BCUT2D eigenvalue weighted by Gasteiger charge is -2.15. The van der Waals surface area contributed by atoms with Crippen LogP contribution in [0, 0.1) is 0 Å². The van der Waals surface area contributed by atoms with E-state index >= 15 is 0 Å². The molecule has 1 N–H and O–H groups in total. The second-order valence-electron chi connectivity index (χ2n) is 6.37. The van der Waals surface area contributed by atoms with Crippen molar-refractivity contribution in [2.45, 2.75) is 26.2 Å². The summed E-state index contributed by atoms with van der Waals surface area (Å²) in [7, 11) is 0. The molecule has 0 atom stereocenters. The summed E-state index contributed by atoms with van der Waals surface area (Å²) in [6.07, 6.45) is 2.61. The molecular weight excluding hydrogens is 328 g/mol. The van der Waals surface area contributed by atoms with Crippen LogP contribution in [0.1, 0.15) is 35.7 Å². The Kier molecular flexibility index (Phi) is 5.89. The minimum absolute atomic E-state index is 0.172. The molecule has 1 heterocycles. The van der Waals surface area contributed by atoms with Gasteiger partial charge in [-0.05, 0) is 61.7 Å². The topological polar surface area (TPSA) is 58.6 Å². The maximum Gasteiger partial charge on any atom is 0.255 e. The lowest BCUT2D eigenvalue weighted by molar-refractivity contribution is -0.129. The number of anilines is 1. The first-order chi connectivity index (χ1) is 12.7. The fraction of sp³-hybridized carbons (Fsp3) is 0.333. The molecule has 2 aromatic rings. The molecule has 2 amide bonds. The van der Waals surface area contributed by atoms with Gasteiger partial charge in [0.25, 0.3) is 5.91 Å². The van der Waals surface area contributed by atoms with Crippen LogP contribution in [0.25, 0.3) is 0 Å². The summed E-state index contributed by atoms with van der Waals surface area (Å²) >= 11 is 0. The van der Waals surface area contributed by atoms with Crippen molar-refractivity contribution >= 4 is 17.5 Å². The molecule has 1 aliphatic rings. The van der Waals surface area contributed by atoms with Gasteiger partial charge in [-0.1, -0.05) is 12.1 Å². The lowest BCUT2D eigenvalue weighted by Crippen LogP contribution is -2.29. The summed E-state index contributed by atoms with van der Waals surface area (Å²) in [4.78, 5) is 26.4. The normalized spacial score (nSPS) is 13.5. The molecule has 0 saturated carbocycles. The van der Waals surface area contributed by atoms with Crippen molar-refractivity contribution < 1.29 is 14.3 Å². The number of nitrogens with zero attached hydrogens (tertiary/aromatic N) is 1. The van der Waals surface area contributed by atoms with Crippen LogP contribution < -0.4 is 10.1 Å². The summed E-state index contributed by atoms with van der Waals surface area (Å²) in [5.41, 5.74) is 2.24. The number of carbonyl (C=O) groups excluding carboxylic acids is 2. The summed E-state index contributed by atoms with van der Waals surface area (Å²) in [5, 5.41) is 2.87. The zero-order chi connectivity index (χ0) is 18.4. The highest BCUT2D eigenvalue weighted by Gasteiger charge is 2.17. The van der Waals surface area contributed by atoms with Crippen LogP contribution in [0.4, 0.5) is 5.69 Å². The predicted octanol–water partition coefficient (Wildman–Crippen LogP) is 3.50. The molecular formula is C21H24N2O3. The van der Waals surface area contributed by atoms with Gasteiger partial charge in [0.2, 0.25) is 5.91 Å². The smallest absolute Gasteiger partial charge is 0.255 e. The molecule has 1 fully saturated rings. The van der Waals surface area contributed by atoms with Gasteiger partial charge in [0, 0.05) is 24.3 Å². The van der Waals surface area contributed by atoms with E-state index in [0.29, 0.717) is 24.3 Å². The molecule has 1 saturated heterocycles. The number of amides is 2. The molecule has 0 unspecified atom stereocenters. The molecule has 0 bridgehead atoms. The number of likely N-dealkylation sites (tertiary alicyclic amines) is 1. The van der Waals surface area contributed by atoms with Crippen molar-refractivity contribution in [2.24, 2.45) is 0 Å². The fourth-order valence-corrected chi connectivity index (χ4v) is 3.03. The Balaban J connectivity index is 1.56. The monoisotopic (exact) mass is 352 g/mol. The van der Waals surface area contributed by atoms with Gasteiger partial charge in [0.05, 0.1) is 13.0 Å². The maximum absolute atomic E-state index is 12.3. The molecule has 0 radical (unpaired) electrons. The molecule has 0 aromatic heterocycles. The summed E-state index contributed by atoms with van der Waals surface area (Å²) in [6.45, 7) is 4.26. The quantitative estimate of drug-likeness (QED) is 0.866. The molecule has 136 valence electrons. The highest BCUT2D eigenvalue weighted by molar-refractivity contribution is 6.04. The zero-order valence-electron chi connectivity index (χ0n) is 15.0. The Morgan fingerprint density at radius 3 is 2.27 bits per heavy atom. The van der Waals surface area contributed by atoms with E-state index in [4.69, 9.17) is 4.74 Å². The first kappa shape index (κ1) is 18.0. The second kappa shape index (κ2) is 8.52. The Bertz CT molecular complexity index is 748. The van der Waals surface area contributed by atoms with Gasteiger partial charge in [-0.15, -0.1) is 0 Å². The minimum Gasteiger partial charge on any atom is -0.494 e. The lowest BCUT2D eigenvalue weighted by atomic mass is 10.1. The summed E-state index contributed by atoms with van der Waals surface area (Å²) < 4.78 is 5.38. The van der Waals surface area contributed by atoms with Crippen molar-refractivity contribution in [3.8, 4) is 5.75 Å². The predicted molar refractivity (Wildman–Crippen MR) is 102 cm³/mol. The van der Waals surface area contributed by atoms with E-state index in [1.54, 1.807) is 24.3 Å². The van der Waals surface area contributed by atoms with Crippen LogP contribution in [-0.2, 0) is 11.2 Å². The average molecular weight is 352 g/mol. The average Bonchev–Trinajstić information content (AvgIpc) is 3.19. The van der Waals surface area contributed by atoms with Crippen molar-refractivity contribution in [1.29, 1.82) is 0 Å². The summed E-state index contributed by atoms with van der Waals surface area (Å²) in [5.74, 6) is 0.749. The molecule has 2 aromatic carbocycles. The van der Waals surface area contributed by atoms with Gasteiger partial charge in [-0.3, -0.25) is 9.59 Å². The molecule has 1 aliphatic heterocycles. The highest BCUT2D eigenvalue weighted by Crippen LogP contribution is 2.16. The van der Waals surface area contributed by atoms with Crippen molar-refractivity contribution in [3.63, 3.8) is 0 Å². The number of ether oxygens (including phenoxy) is 1.